The molecule has 23 heavy (non-hydrogen) atoms. The number of hydrogen-bond acceptors (Lipinski definition) is 3. The highest BCUT2D eigenvalue weighted by Gasteiger charge is 2.21. The molecule has 0 saturated carbocycles. The summed E-state index contributed by atoms with van der Waals surface area (Å²) in [5.74, 6) is 0.355. The largest absolute Gasteiger partial charge is 0.331 e. The van der Waals surface area contributed by atoms with Crippen LogP contribution >= 0.6 is 17.0 Å². The van der Waals surface area contributed by atoms with Crippen LogP contribution in [0.25, 0.3) is 10.9 Å². The number of halogens is 1. The molecule has 1 saturated heterocycles. The summed E-state index contributed by atoms with van der Waals surface area (Å²) >= 11 is 0. The first-order valence-corrected chi connectivity index (χ1v) is 7.96. The Balaban J connectivity index is 0.00000192. The fourth-order valence-corrected chi connectivity index (χ4v) is 3.24. The van der Waals surface area contributed by atoms with Gasteiger partial charge in [0.25, 0.3) is 5.56 Å². The molecule has 0 atom stereocenters. The quantitative estimate of drug-likeness (QED) is 0.868. The molecule has 1 aromatic carbocycles. The lowest BCUT2D eigenvalue weighted by Gasteiger charge is -2.25. The molecule has 0 unspecified atom stereocenters. The van der Waals surface area contributed by atoms with E-state index in [2.05, 4.69) is 19.2 Å². The van der Waals surface area contributed by atoms with Gasteiger partial charge in [-0.3, -0.25) is 13.9 Å². The number of aromatic nitrogens is 2. The second kappa shape index (κ2) is 7.01. The average Bonchev–Trinajstić information content (AvgIpc) is 2.53. The standard InChI is InChI=1S/C17H23N3O2.BrH/c1-11(2)12-4-5-15-14(10-12)16(21)20(17(22)19(15)3)13-6-8-18-9-7-13;/h4-5,10-11,13,18H,6-9H2,1-3H3;1H. The monoisotopic (exact) mass is 381 g/mol. The zero-order valence-electron chi connectivity index (χ0n) is 13.8. The second-order valence-electron chi connectivity index (χ2n) is 6.43. The van der Waals surface area contributed by atoms with Gasteiger partial charge >= 0.3 is 5.69 Å². The molecule has 0 aliphatic carbocycles. The number of fused-ring (bicyclic) bond motifs is 1. The number of benzene rings is 1. The molecular formula is C17H24BrN3O2. The van der Waals surface area contributed by atoms with Crippen LogP contribution in [0, 0.1) is 0 Å². The number of rotatable bonds is 2. The molecule has 2 heterocycles. The Morgan fingerprint density at radius 3 is 2.43 bits per heavy atom. The van der Waals surface area contributed by atoms with Crippen molar-refractivity contribution in [2.24, 2.45) is 7.05 Å². The lowest BCUT2D eigenvalue weighted by molar-refractivity contribution is 0.347. The van der Waals surface area contributed by atoms with Gasteiger partial charge in [-0.2, -0.15) is 0 Å². The zero-order chi connectivity index (χ0) is 15.9. The van der Waals surface area contributed by atoms with Gasteiger partial charge in [-0.25, -0.2) is 4.79 Å². The predicted octanol–water partition coefficient (Wildman–Crippen LogP) is 2.33. The molecule has 1 fully saturated rings. The van der Waals surface area contributed by atoms with Crippen LogP contribution in [0.15, 0.2) is 27.8 Å². The Morgan fingerprint density at radius 2 is 1.83 bits per heavy atom. The average molecular weight is 382 g/mol. The van der Waals surface area contributed by atoms with Gasteiger partial charge in [0.15, 0.2) is 0 Å². The Morgan fingerprint density at radius 1 is 1.17 bits per heavy atom. The Labute approximate surface area is 146 Å². The molecule has 6 heteroatoms. The van der Waals surface area contributed by atoms with Crippen LogP contribution in [0.2, 0.25) is 0 Å². The van der Waals surface area contributed by atoms with Crippen LogP contribution in [0.5, 0.6) is 0 Å². The van der Waals surface area contributed by atoms with E-state index in [0.717, 1.165) is 31.5 Å². The summed E-state index contributed by atoms with van der Waals surface area (Å²) in [5, 5.41) is 3.92. The molecule has 1 aromatic heterocycles. The van der Waals surface area contributed by atoms with Gasteiger partial charge in [-0.1, -0.05) is 19.9 Å². The number of nitrogens with one attached hydrogen (secondary N) is 1. The SMILES string of the molecule is Br.CC(C)c1ccc2c(c1)c(=O)n(C1CCNCC1)c(=O)n2C. The van der Waals surface area contributed by atoms with E-state index < -0.39 is 0 Å². The maximum atomic E-state index is 12.9. The summed E-state index contributed by atoms with van der Waals surface area (Å²) in [6.07, 6.45) is 1.65. The molecule has 1 aliphatic heterocycles. The molecule has 2 aromatic rings. The van der Waals surface area contributed by atoms with Crippen LogP contribution < -0.4 is 16.6 Å². The molecule has 1 aliphatic rings. The maximum Gasteiger partial charge on any atom is 0.331 e. The Bertz CT molecular complexity index is 817. The van der Waals surface area contributed by atoms with E-state index in [-0.39, 0.29) is 34.3 Å². The zero-order valence-corrected chi connectivity index (χ0v) is 15.5. The molecule has 0 spiro atoms. The highest BCUT2D eigenvalue weighted by atomic mass is 79.9. The highest BCUT2D eigenvalue weighted by molar-refractivity contribution is 8.93. The molecule has 1 N–H and O–H groups in total. The van der Waals surface area contributed by atoms with Gasteiger partial charge in [-0.05, 0) is 49.5 Å². The summed E-state index contributed by atoms with van der Waals surface area (Å²) in [7, 11) is 1.75. The van der Waals surface area contributed by atoms with Crippen molar-refractivity contribution in [2.75, 3.05) is 13.1 Å². The molecule has 3 rings (SSSR count). The van der Waals surface area contributed by atoms with Gasteiger partial charge in [0.2, 0.25) is 0 Å². The van der Waals surface area contributed by atoms with Gasteiger partial charge in [0, 0.05) is 13.1 Å². The summed E-state index contributed by atoms with van der Waals surface area (Å²) in [6, 6.07) is 5.83. The van der Waals surface area contributed by atoms with Gasteiger partial charge in [0.05, 0.1) is 10.9 Å². The van der Waals surface area contributed by atoms with Crippen molar-refractivity contribution >= 4 is 27.9 Å². The van der Waals surface area contributed by atoms with Crippen LogP contribution in [-0.2, 0) is 7.05 Å². The molecule has 0 bridgehead atoms. The Hall–Kier alpha value is -1.40. The molecule has 0 amide bonds. The van der Waals surface area contributed by atoms with E-state index in [1.807, 2.05) is 18.2 Å². The molecular weight excluding hydrogens is 358 g/mol. The van der Waals surface area contributed by atoms with Crippen LogP contribution in [0.4, 0.5) is 0 Å². The lowest BCUT2D eigenvalue weighted by atomic mass is 10.0. The van der Waals surface area contributed by atoms with Crippen molar-refractivity contribution in [1.29, 1.82) is 0 Å². The minimum Gasteiger partial charge on any atom is -0.317 e. The van der Waals surface area contributed by atoms with E-state index in [1.165, 1.54) is 4.57 Å². The van der Waals surface area contributed by atoms with Gasteiger partial charge in [-0.15, -0.1) is 17.0 Å². The van der Waals surface area contributed by atoms with Gasteiger partial charge < -0.3 is 5.32 Å². The maximum absolute atomic E-state index is 12.9. The smallest absolute Gasteiger partial charge is 0.317 e. The van der Waals surface area contributed by atoms with E-state index in [9.17, 15) is 9.59 Å². The number of piperidine rings is 1. The van der Waals surface area contributed by atoms with Crippen molar-refractivity contribution in [3.63, 3.8) is 0 Å². The second-order valence-corrected chi connectivity index (χ2v) is 6.43. The van der Waals surface area contributed by atoms with Crippen LogP contribution in [0.1, 0.15) is 44.2 Å². The summed E-state index contributed by atoms with van der Waals surface area (Å²) in [6.45, 7) is 5.91. The van der Waals surface area contributed by atoms with Gasteiger partial charge in [0.1, 0.15) is 0 Å². The van der Waals surface area contributed by atoms with Crippen LogP contribution in [0.3, 0.4) is 0 Å². The van der Waals surface area contributed by atoms with E-state index in [0.29, 0.717) is 16.8 Å². The normalized spacial score (nSPS) is 15.8. The van der Waals surface area contributed by atoms with E-state index >= 15 is 0 Å². The first kappa shape index (κ1) is 17.9. The summed E-state index contributed by atoms with van der Waals surface area (Å²) in [5.41, 5.74) is 1.49. The number of nitrogens with zero attached hydrogens (tertiary/aromatic N) is 2. The molecule has 126 valence electrons. The first-order valence-electron chi connectivity index (χ1n) is 7.96. The Kier molecular flexibility index (Phi) is 5.47. The third kappa shape index (κ3) is 3.15. The van der Waals surface area contributed by atoms with Crippen molar-refractivity contribution in [1.82, 2.24) is 14.5 Å². The van der Waals surface area contributed by atoms with Crippen molar-refractivity contribution in [3.8, 4) is 0 Å². The highest BCUT2D eigenvalue weighted by Crippen LogP contribution is 2.20. The van der Waals surface area contributed by atoms with Crippen molar-refractivity contribution < 1.29 is 0 Å². The lowest BCUT2D eigenvalue weighted by Crippen LogP contribution is -2.44. The predicted molar refractivity (Wildman–Crippen MR) is 99.0 cm³/mol. The first-order chi connectivity index (χ1) is 10.5. The van der Waals surface area contributed by atoms with E-state index in [4.69, 9.17) is 0 Å². The molecule has 0 radical (unpaired) electrons. The summed E-state index contributed by atoms with van der Waals surface area (Å²) in [4.78, 5) is 25.5. The minimum atomic E-state index is -0.207. The fraction of sp³-hybridized carbons (Fsp3) is 0.529. The minimum absolute atomic E-state index is 0. The third-order valence-electron chi connectivity index (χ3n) is 4.66. The van der Waals surface area contributed by atoms with Crippen molar-refractivity contribution in [3.05, 3.63) is 44.6 Å². The van der Waals surface area contributed by atoms with Crippen LogP contribution in [-0.4, -0.2) is 22.2 Å². The fourth-order valence-electron chi connectivity index (χ4n) is 3.24. The number of hydrogen-bond donors (Lipinski definition) is 1. The third-order valence-corrected chi connectivity index (χ3v) is 4.66. The summed E-state index contributed by atoms with van der Waals surface area (Å²) < 4.78 is 3.07. The molecule has 5 nitrogen and oxygen atoms in total. The topological polar surface area (TPSA) is 56.0 Å². The van der Waals surface area contributed by atoms with E-state index in [1.54, 1.807) is 11.6 Å². The van der Waals surface area contributed by atoms with Crippen molar-refractivity contribution in [2.45, 2.75) is 38.6 Å². The number of aryl methyl sites for hydroxylation is 1.